The molecule has 0 aliphatic carbocycles. The first-order valence-corrected chi connectivity index (χ1v) is 4.77. The zero-order valence-corrected chi connectivity index (χ0v) is 8.16. The Morgan fingerprint density at radius 2 is 2.31 bits per heavy atom. The number of rotatable bonds is 0. The highest BCUT2D eigenvalue weighted by Crippen LogP contribution is 2.30. The highest BCUT2D eigenvalue weighted by molar-refractivity contribution is 6.31. The van der Waals surface area contributed by atoms with Gasteiger partial charge in [-0.3, -0.25) is 0 Å². The van der Waals surface area contributed by atoms with Crippen LogP contribution in [0.25, 0.3) is 0 Å². The summed E-state index contributed by atoms with van der Waals surface area (Å²) in [5.74, 6) is -0.238. The van der Waals surface area contributed by atoms with E-state index in [4.69, 9.17) is 11.6 Å². The molecule has 3 heteroatoms. The van der Waals surface area contributed by atoms with E-state index in [1.807, 2.05) is 6.92 Å². The van der Waals surface area contributed by atoms with Crippen molar-refractivity contribution in [2.24, 2.45) is 0 Å². The van der Waals surface area contributed by atoms with Crippen LogP contribution in [0.5, 0.6) is 0 Å². The van der Waals surface area contributed by atoms with E-state index >= 15 is 0 Å². The number of hydrogen-bond acceptors (Lipinski definition) is 1. The van der Waals surface area contributed by atoms with Crippen molar-refractivity contribution < 1.29 is 4.39 Å². The highest BCUT2D eigenvalue weighted by Gasteiger charge is 2.19. The van der Waals surface area contributed by atoms with Gasteiger partial charge in [0, 0.05) is 11.1 Å². The maximum atomic E-state index is 13.0. The van der Waals surface area contributed by atoms with Gasteiger partial charge in [0.1, 0.15) is 5.82 Å². The average molecular weight is 200 g/mol. The van der Waals surface area contributed by atoms with Gasteiger partial charge in [-0.15, -0.1) is 0 Å². The first-order chi connectivity index (χ1) is 6.18. The Bertz CT molecular complexity index is 338. The Morgan fingerprint density at radius 1 is 1.54 bits per heavy atom. The number of nitrogens with one attached hydrogen (secondary N) is 1. The lowest BCUT2D eigenvalue weighted by molar-refractivity contribution is 0.535. The van der Waals surface area contributed by atoms with Gasteiger partial charge in [0.05, 0.1) is 0 Å². The van der Waals surface area contributed by atoms with E-state index in [1.165, 1.54) is 6.07 Å². The summed E-state index contributed by atoms with van der Waals surface area (Å²) in [7, 11) is 0. The van der Waals surface area contributed by atoms with Crippen molar-refractivity contribution >= 4 is 11.6 Å². The lowest BCUT2D eigenvalue weighted by Crippen LogP contribution is -2.28. The molecular formula is C10H11ClFN. The van der Waals surface area contributed by atoms with Crippen molar-refractivity contribution in [2.75, 3.05) is 6.54 Å². The molecule has 1 atom stereocenters. The van der Waals surface area contributed by atoms with Crippen LogP contribution < -0.4 is 5.32 Å². The predicted molar refractivity (Wildman–Crippen MR) is 51.5 cm³/mol. The minimum absolute atomic E-state index is 0.233. The van der Waals surface area contributed by atoms with Crippen LogP contribution in [0.15, 0.2) is 12.1 Å². The van der Waals surface area contributed by atoms with Crippen molar-refractivity contribution in [3.8, 4) is 0 Å². The monoisotopic (exact) mass is 199 g/mol. The van der Waals surface area contributed by atoms with Crippen LogP contribution in [0.2, 0.25) is 5.02 Å². The molecule has 1 aromatic rings. The average Bonchev–Trinajstić information content (AvgIpc) is 2.02. The molecule has 1 aliphatic heterocycles. The van der Waals surface area contributed by atoms with E-state index in [1.54, 1.807) is 6.07 Å². The molecule has 1 nitrogen and oxygen atoms in total. The van der Waals surface area contributed by atoms with Gasteiger partial charge < -0.3 is 5.32 Å². The van der Waals surface area contributed by atoms with Crippen LogP contribution in [0.4, 0.5) is 4.39 Å². The third kappa shape index (κ3) is 1.56. The number of hydrogen-bond donors (Lipinski definition) is 1. The van der Waals surface area contributed by atoms with Gasteiger partial charge in [0.15, 0.2) is 0 Å². The molecule has 1 heterocycles. The van der Waals surface area contributed by atoms with E-state index in [-0.39, 0.29) is 11.9 Å². The number of benzene rings is 1. The Hall–Kier alpha value is -0.600. The fraction of sp³-hybridized carbons (Fsp3) is 0.400. The summed E-state index contributed by atoms with van der Waals surface area (Å²) >= 11 is 5.96. The van der Waals surface area contributed by atoms with Crippen LogP contribution in [-0.4, -0.2) is 6.54 Å². The van der Waals surface area contributed by atoms with E-state index in [0.717, 1.165) is 24.1 Å². The zero-order valence-electron chi connectivity index (χ0n) is 7.40. The van der Waals surface area contributed by atoms with Crippen LogP contribution in [0, 0.1) is 5.82 Å². The Kier molecular flexibility index (Phi) is 2.26. The van der Waals surface area contributed by atoms with E-state index < -0.39 is 0 Å². The van der Waals surface area contributed by atoms with Crippen LogP contribution in [0.3, 0.4) is 0 Å². The topological polar surface area (TPSA) is 12.0 Å². The maximum Gasteiger partial charge on any atom is 0.124 e. The SMILES string of the molecule is C[C@@H]1NCCc2cc(F)cc(Cl)c21. The summed E-state index contributed by atoms with van der Waals surface area (Å²) < 4.78 is 13.0. The van der Waals surface area contributed by atoms with Crippen molar-refractivity contribution in [3.63, 3.8) is 0 Å². The normalized spacial score (nSPS) is 21.3. The Labute approximate surface area is 81.9 Å². The van der Waals surface area contributed by atoms with Crippen LogP contribution in [0.1, 0.15) is 24.1 Å². The summed E-state index contributed by atoms with van der Waals surface area (Å²) in [6, 6.07) is 3.19. The zero-order chi connectivity index (χ0) is 9.42. The minimum atomic E-state index is -0.238. The molecule has 0 unspecified atom stereocenters. The quantitative estimate of drug-likeness (QED) is 0.678. The molecule has 0 aromatic heterocycles. The van der Waals surface area contributed by atoms with Crippen molar-refractivity contribution in [2.45, 2.75) is 19.4 Å². The molecule has 1 aliphatic rings. The molecule has 0 saturated heterocycles. The van der Waals surface area contributed by atoms with Gasteiger partial charge in [-0.2, -0.15) is 0 Å². The predicted octanol–water partition coefficient (Wildman–Crippen LogP) is 2.69. The first-order valence-electron chi connectivity index (χ1n) is 4.39. The van der Waals surface area contributed by atoms with Gasteiger partial charge in [0.25, 0.3) is 0 Å². The number of halogens is 2. The molecule has 0 radical (unpaired) electrons. The Morgan fingerprint density at radius 3 is 3.08 bits per heavy atom. The second-order valence-electron chi connectivity index (χ2n) is 3.39. The molecule has 2 rings (SSSR count). The molecular weight excluding hydrogens is 189 g/mol. The molecule has 0 saturated carbocycles. The molecule has 0 fully saturated rings. The van der Waals surface area contributed by atoms with Gasteiger partial charge in [0.2, 0.25) is 0 Å². The summed E-state index contributed by atoms with van der Waals surface area (Å²) in [5.41, 5.74) is 2.09. The molecule has 0 spiro atoms. The van der Waals surface area contributed by atoms with Crippen molar-refractivity contribution in [3.05, 3.63) is 34.1 Å². The van der Waals surface area contributed by atoms with E-state index in [0.29, 0.717) is 5.02 Å². The largest absolute Gasteiger partial charge is 0.310 e. The summed E-state index contributed by atoms with van der Waals surface area (Å²) in [6.45, 7) is 2.94. The lowest BCUT2D eigenvalue weighted by Gasteiger charge is -2.24. The highest BCUT2D eigenvalue weighted by atomic mass is 35.5. The minimum Gasteiger partial charge on any atom is -0.310 e. The second-order valence-corrected chi connectivity index (χ2v) is 3.79. The van der Waals surface area contributed by atoms with Crippen molar-refractivity contribution in [1.82, 2.24) is 5.32 Å². The molecule has 1 aromatic carbocycles. The summed E-state index contributed by atoms with van der Waals surface area (Å²) in [6.07, 6.45) is 0.858. The van der Waals surface area contributed by atoms with E-state index in [2.05, 4.69) is 5.32 Å². The van der Waals surface area contributed by atoms with Gasteiger partial charge in [-0.25, -0.2) is 4.39 Å². The third-order valence-corrected chi connectivity index (χ3v) is 2.77. The Balaban J connectivity index is 2.56. The molecule has 0 bridgehead atoms. The lowest BCUT2D eigenvalue weighted by atomic mass is 9.95. The van der Waals surface area contributed by atoms with Crippen LogP contribution >= 0.6 is 11.6 Å². The maximum absolute atomic E-state index is 13.0. The molecule has 0 amide bonds. The summed E-state index contributed by atoms with van der Waals surface area (Å²) in [5, 5.41) is 3.83. The van der Waals surface area contributed by atoms with Crippen LogP contribution in [-0.2, 0) is 6.42 Å². The molecule has 1 N–H and O–H groups in total. The second kappa shape index (κ2) is 3.28. The van der Waals surface area contributed by atoms with Crippen molar-refractivity contribution in [1.29, 1.82) is 0 Å². The van der Waals surface area contributed by atoms with Gasteiger partial charge in [-0.1, -0.05) is 11.6 Å². The molecule has 70 valence electrons. The standard InChI is InChI=1S/C10H11ClFN/c1-6-10-7(2-3-13-6)4-8(12)5-9(10)11/h4-6,13H,2-3H2,1H3/t6-/m0/s1. The van der Waals surface area contributed by atoms with Gasteiger partial charge >= 0.3 is 0 Å². The first kappa shape index (κ1) is 8.97. The fourth-order valence-electron chi connectivity index (χ4n) is 1.86. The smallest absolute Gasteiger partial charge is 0.124 e. The van der Waals surface area contributed by atoms with E-state index in [9.17, 15) is 4.39 Å². The summed E-state index contributed by atoms with van der Waals surface area (Å²) in [4.78, 5) is 0. The fourth-order valence-corrected chi connectivity index (χ4v) is 2.24. The molecule has 13 heavy (non-hydrogen) atoms. The third-order valence-electron chi connectivity index (χ3n) is 2.46. The number of fused-ring (bicyclic) bond motifs is 1. The van der Waals surface area contributed by atoms with Gasteiger partial charge in [-0.05, 0) is 43.1 Å².